The standard InChI is InChI=1S/C35H36ClFN4O6S/c36-24-1-4-29-23(16-24)17-30(47-29)33(44)41-11-12-46-35(20-41)6-9-40(10-7-35)19-22-13-21(14-25(37)15-22)5-8-38-18-28(43)26-2-3-27(42)31-32(26)48-34(45)39-31/h1-4,13-17,28,38,42-43H,5-12,18-20H2,(H,39,45)/t28-/m0/s1. The number of aromatic amines is 1. The number of rotatable bonds is 9. The first-order valence-electron chi connectivity index (χ1n) is 16.0. The Morgan fingerprint density at radius 3 is 2.75 bits per heavy atom. The molecule has 1 spiro atoms. The van der Waals surface area contributed by atoms with Crippen molar-refractivity contribution in [3.8, 4) is 5.75 Å². The van der Waals surface area contributed by atoms with E-state index in [4.69, 9.17) is 20.8 Å². The van der Waals surface area contributed by atoms with Crippen molar-refractivity contribution in [2.75, 3.05) is 45.9 Å². The van der Waals surface area contributed by atoms with Gasteiger partial charge in [-0.2, -0.15) is 0 Å². The minimum Gasteiger partial charge on any atom is -0.506 e. The summed E-state index contributed by atoms with van der Waals surface area (Å²) >= 11 is 7.05. The Labute approximate surface area is 284 Å². The molecule has 2 aliphatic rings. The molecule has 0 bridgehead atoms. The number of halogens is 2. The lowest BCUT2D eigenvalue weighted by atomic mass is 9.89. The molecule has 3 aromatic carbocycles. The number of morpholine rings is 1. The van der Waals surface area contributed by atoms with Crippen LogP contribution in [0.1, 0.15) is 46.2 Å². The normalized spacial score (nSPS) is 17.4. The second-order valence-electron chi connectivity index (χ2n) is 12.7. The van der Waals surface area contributed by atoms with Crippen LogP contribution >= 0.6 is 22.9 Å². The van der Waals surface area contributed by atoms with Crippen LogP contribution < -0.4 is 10.2 Å². The molecule has 4 N–H and O–H groups in total. The van der Waals surface area contributed by atoms with Gasteiger partial charge in [0.05, 0.1) is 29.6 Å². The number of nitrogens with zero attached hydrogens (tertiary/aromatic N) is 2. The quantitative estimate of drug-likeness (QED) is 0.155. The average Bonchev–Trinajstić information content (AvgIpc) is 3.67. The zero-order valence-electron chi connectivity index (χ0n) is 26.1. The van der Waals surface area contributed by atoms with Gasteiger partial charge in [0.1, 0.15) is 22.7 Å². The van der Waals surface area contributed by atoms with Crippen molar-refractivity contribution in [1.82, 2.24) is 20.1 Å². The highest BCUT2D eigenvalue weighted by Gasteiger charge is 2.41. The highest BCUT2D eigenvalue weighted by Crippen LogP contribution is 2.33. The third-order valence-corrected chi connectivity index (χ3v) is 10.5. The van der Waals surface area contributed by atoms with Gasteiger partial charge in [-0.15, -0.1) is 0 Å². The molecule has 0 aliphatic carbocycles. The number of piperidine rings is 1. The van der Waals surface area contributed by atoms with E-state index >= 15 is 0 Å². The highest BCUT2D eigenvalue weighted by atomic mass is 35.5. The summed E-state index contributed by atoms with van der Waals surface area (Å²) in [4.78, 5) is 31.6. The Balaban J connectivity index is 0.907. The Hall–Kier alpha value is -3.78. The van der Waals surface area contributed by atoms with Crippen LogP contribution in [0.25, 0.3) is 21.2 Å². The summed E-state index contributed by atoms with van der Waals surface area (Å²) in [6.07, 6.45) is 1.20. The number of hydrogen-bond donors (Lipinski definition) is 4. The first-order valence-corrected chi connectivity index (χ1v) is 17.2. The lowest BCUT2D eigenvalue weighted by Crippen LogP contribution is -2.57. The van der Waals surface area contributed by atoms with Crippen LogP contribution in [0.4, 0.5) is 4.39 Å². The maximum atomic E-state index is 14.7. The topological polar surface area (TPSA) is 131 Å². The molecule has 0 radical (unpaired) electrons. The fraction of sp³-hybridized carbons (Fsp3) is 0.371. The van der Waals surface area contributed by atoms with E-state index in [1.54, 1.807) is 36.4 Å². The molecule has 7 rings (SSSR count). The van der Waals surface area contributed by atoms with Crippen LogP contribution in [0.5, 0.6) is 5.75 Å². The third kappa shape index (κ3) is 7.00. The number of hydrogen-bond acceptors (Lipinski definition) is 9. The van der Waals surface area contributed by atoms with E-state index in [1.165, 1.54) is 12.1 Å². The van der Waals surface area contributed by atoms with Gasteiger partial charge in [-0.1, -0.05) is 35.1 Å². The van der Waals surface area contributed by atoms with Crippen LogP contribution in [-0.2, 0) is 17.7 Å². The van der Waals surface area contributed by atoms with Gasteiger partial charge < -0.3 is 34.6 Å². The molecular weight excluding hydrogens is 659 g/mol. The number of carbonyl (C=O) groups excluding carboxylic acids is 1. The number of fused-ring (bicyclic) bond motifs is 2. The number of furan rings is 1. The van der Waals surface area contributed by atoms with Gasteiger partial charge in [0.25, 0.3) is 5.91 Å². The zero-order chi connectivity index (χ0) is 33.4. The molecule has 2 aromatic heterocycles. The van der Waals surface area contributed by atoms with Crippen molar-refractivity contribution in [2.24, 2.45) is 0 Å². The number of thiazole rings is 1. The second kappa shape index (κ2) is 13.6. The van der Waals surface area contributed by atoms with Gasteiger partial charge in [-0.05, 0) is 79.4 Å². The van der Waals surface area contributed by atoms with Crippen molar-refractivity contribution >= 4 is 50.0 Å². The Bertz CT molecular complexity index is 2020. The van der Waals surface area contributed by atoms with Crippen molar-refractivity contribution < 1.29 is 28.6 Å². The molecule has 4 heterocycles. The van der Waals surface area contributed by atoms with E-state index in [1.807, 2.05) is 11.0 Å². The molecule has 13 heteroatoms. The Morgan fingerprint density at radius 1 is 1.10 bits per heavy atom. The number of H-pyrrole nitrogens is 1. The summed E-state index contributed by atoms with van der Waals surface area (Å²) in [5, 5.41) is 25.4. The van der Waals surface area contributed by atoms with Crippen LogP contribution in [0.2, 0.25) is 5.02 Å². The van der Waals surface area contributed by atoms with Crippen molar-refractivity contribution in [2.45, 2.75) is 37.5 Å². The lowest BCUT2D eigenvalue weighted by molar-refractivity contribution is -0.128. The number of nitrogens with one attached hydrogen (secondary N) is 2. The third-order valence-electron chi connectivity index (χ3n) is 9.29. The summed E-state index contributed by atoms with van der Waals surface area (Å²) in [6.45, 7) is 4.34. The monoisotopic (exact) mass is 694 g/mol. The number of amides is 1. The summed E-state index contributed by atoms with van der Waals surface area (Å²) in [5.41, 5.74) is 2.83. The fourth-order valence-electron chi connectivity index (χ4n) is 6.81. The molecule has 2 aliphatic heterocycles. The Morgan fingerprint density at radius 2 is 1.92 bits per heavy atom. The number of phenols is 1. The smallest absolute Gasteiger partial charge is 0.305 e. The fourth-order valence-corrected chi connectivity index (χ4v) is 7.91. The minimum atomic E-state index is -0.881. The second-order valence-corrected chi connectivity index (χ2v) is 14.1. The number of aromatic hydroxyl groups is 1. The van der Waals surface area contributed by atoms with Crippen LogP contribution in [0, 0.1) is 5.82 Å². The number of benzene rings is 3. The van der Waals surface area contributed by atoms with Gasteiger partial charge in [0, 0.05) is 48.7 Å². The predicted molar refractivity (Wildman–Crippen MR) is 182 cm³/mol. The SMILES string of the molecule is O=C(c1cc2cc(Cl)ccc2o1)N1CCOC2(CCN(Cc3cc(F)cc(CCNC[C@H](O)c4ccc(O)c5[nH]c(=O)sc45)c3)CC2)C1. The van der Waals surface area contributed by atoms with E-state index in [0.717, 1.165) is 53.8 Å². The van der Waals surface area contributed by atoms with Crippen molar-refractivity contribution in [1.29, 1.82) is 0 Å². The van der Waals surface area contributed by atoms with E-state index in [0.29, 0.717) is 71.4 Å². The molecule has 0 saturated carbocycles. The number of likely N-dealkylation sites (tertiary alicyclic amines) is 1. The molecule has 1 amide bonds. The number of aliphatic hydroxyl groups is 1. The average molecular weight is 695 g/mol. The molecule has 10 nitrogen and oxygen atoms in total. The van der Waals surface area contributed by atoms with E-state index in [9.17, 15) is 24.2 Å². The van der Waals surface area contributed by atoms with Crippen LogP contribution in [0.3, 0.4) is 0 Å². The maximum Gasteiger partial charge on any atom is 0.305 e. The first kappa shape index (κ1) is 32.8. The summed E-state index contributed by atoms with van der Waals surface area (Å²) in [6, 6.07) is 15.2. The van der Waals surface area contributed by atoms with Crippen molar-refractivity contribution in [3.63, 3.8) is 0 Å². The molecule has 48 heavy (non-hydrogen) atoms. The van der Waals surface area contributed by atoms with Crippen LogP contribution in [0.15, 0.2) is 63.8 Å². The van der Waals surface area contributed by atoms with Crippen molar-refractivity contribution in [3.05, 3.63) is 97.6 Å². The van der Waals surface area contributed by atoms with Gasteiger partial charge >= 0.3 is 4.87 Å². The zero-order valence-corrected chi connectivity index (χ0v) is 27.7. The number of aliphatic hydroxyl groups excluding tert-OH is 1. The summed E-state index contributed by atoms with van der Waals surface area (Å²) < 4.78 is 27.3. The van der Waals surface area contributed by atoms with Gasteiger partial charge in [0.15, 0.2) is 5.76 Å². The van der Waals surface area contributed by atoms with Gasteiger partial charge in [0.2, 0.25) is 0 Å². The van der Waals surface area contributed by atoms with E-state index < -0.39 is 11.7 Å². The van der Waals surface area contributed by atoms with Crippen LogP contribution in [-0.4, -0.2) is 82.4 Å². The molecule has 0 unspecified atom stereocenters. The molecule has 2 saturated heterocycles. The summed E-state index contributed by atoms with van der Waals surface area (Å²) in [7, 11) is 0. The largest absolute Gasteiger partial charge is 0.506 e. The van der Waals surface area contributed by atoms with Gasteiger partial charge in [-0.25, -0.2) is 4.39 Å². The number of carbonyl (C=O) groups is 1. The number of phenolic OH excluding ortho intramolecular Hbond substituents is 1. The number of aromatic nitrogens is 1. The minimum absolute atomic E-state index is 0.0366. The van der Waals surface area contributed by atoms with Gasteiger partial charge in [-0.3, -0.25) is 14.5 Å². The maximum absolute atomic E-state index is 14.7. The van der Waals surface area contributed by atoms with E-state index in [2.05, 4.69) is 15.2 Å². The summed E-state index contributed by atoms with van der Waals surface area (Å²) in [5.74, 6) is -0.182. The molecule has 1 atom stereocenters. The highest BCUT2D eigenvalue weighted by molar-refractivity contribution is 7.16. The Kier molecular flexibility index (Phi) is 9.29. The predicted octanol–water partition coefficient (Wildman–Crippen LogP) is 5.21. The molecule has 2 fully saturated rings. The molecule has 252 valence electrons. The molecule has 5 aromatic rings. The molecular formula is C35H36ClFN4O6S. The lowest BCUT2D eigenvalue weighted by Gasteiger charge is -2.47. The number of ether oxygens (including phenoxy) is 1. The first-order chi connectivity index (χ1) is 23.1. The van der Waals surface area contributed by atoms with E-state index in [-0.39, 0.29) is 28.9 Å².